The van der Waals surface area contributed by atoms with Crippen molar-refractivity contribution in [2.24, 2.45) is 0 Å². The number of nitrogens with one attached hydrogen (secondary N) is 1. The van der Waals surface area contributed by atoms with Crippen LogP contribution in [0.5, 0.6) is 0 Å². The van der Waals surface area contributed by atoms with E-state index in [1.165, 1.54) is 23.5 Å². The number of nitrogens with zero attached hydrogens (tertiary/aromatic N) is 2. The van der Waals surface area contributed by atoms with Crippen LogP contribution < -0.4 is 5.32 Å². The molecular formula is C25H25N3O3S2. The van der Waals surface area contributed by atoms with Gasteiger partial charge in [0.1, 0.15) is 0 Å². The molecule has 1 amide bonds. The lowest BCUT2D eigenvalue weighted by molar-refractivity contribution is 0.102. The summed E-state index contributed by atoms with van der Waals surface area (Å²) < 4.78 is 29.0. The van der Waals surface area contributed by atoms with E-state index in [1.54, 1.807) is 16.4 Å². The van der Waals surface area contributed by atoms with Crippen LogP contribution in [0.15, 0.2) is 65.6 Å². The molecule has 1 aliphatic heterocycles. The Labute approximate surface area is 197 Å². The van der Waals surface area contributed by atoms with Crippen LogP contribution in [0.4, 0.5) is 5.13 Å². The van der Waals surface area contributed by atoms with E-state index in [1.807, 2.05) is 37.3 Å². The lowest BCUT2D eigenvalue weighted by Gasteiger charge is -2.34. The average Bonchev–Trinajstić information content (AvgIpc) is 3.27. The molecule has 4 aromatic rings. The van der Waals surface area contributed by atoms with Crippen LogP contribution in [0, 0.1) is 0 Å². The highest BCUT2D eigenvalue weighted by molar-refractivity contribution is 7.89. The third-order valence-corrected chi connectivity index (χ3v) is 9.25. The molecule has 1 saturated heterocycles. The molecule has 2 heterocycles. The van der Waals surface area contributed by atoms with Crippen LogP contribution in [-0.2, 0) is 10.0 Å². The Morgan fingerprint density at radius 3 is 2.67 bits per heavy atom. The molecule has 8 heteroatoms. The van der Waals surface area contributed by atoms with Crippen molar-refractivity contribution < 1.29 is 13.2 Å². The first-order valence-corrected chi connectivity index (χ1v) is 13.4. The fourth-order valence-corrected chi connectivity index (χ4v) is 7.25. The smallest absolute Gasteiger partial charge is 0.257 e. The number of carbonyl (C=O) groups is 1. The summed E-state index contributed by atoms with van der Waals surface area (Å²) >= 11 is 1.43. The van der Waals surface area contributed by atoms with E-state index in [2.05, 4.69) is 16.4 Å². The first-order valence-electron chi connectivity index (χ1n) is 11.2. The summed E-state index contributed by atoms with van der Waals surface area (Å²) in [7, 11) is -3.57. The lowest BCUT2D eigenvalue weighted by atomic mass is 10.0. The zero-order chi connectivity index (χ0) is 23.0. The molecule has 0 saturated carbocycles. The first kappa shape index (κ1) is 22.0. The van der Waals surface area contributed by atoms with E-state index >= 15 is 0 Å². The Kier molecular flexibility index (Phi) is 5.90. The summed E-state index contributed by atoms with van der Waals surface area (Å²) in [4.78, 5) is 17.6. The average molecular weight is 480 g/mol. The van der Waals surface area contributed by atoms with Crippen LogP contribution >= 0.6 is 11.3 Å². The normalized spacial score (nSPS) is 17.4. The SMILES string of the molecule is CCC1CCCCN1S(=O)(=O)c1ccc(C(=O)Nc2nc3ccc4ccccc4c3s2)cc1. The topological polar surface area (TPSA) is 79.4 Å². The maximum atomic E-state index is 13.2. The molecule has 170 valence electrons. The van der Waals surface area contributed by atoms with Gasteiger partial charge in [0.25, 0.3) is 5.91 Å². The summed E-state index contributed by atoms with van der Waals surface area (Å²) in [5.74, 6) is -0.313. The molecule has 0 spiro atoms. The minimum atomic E-state index is -3.57. The number of carbonyl (C=O) groups excluding carboxylic acids is 1. The highest BCUT2D eigenvalue weighted by Crippen LogP contribution is 2.33. The molecule has 1 aromatic heterocycles. The van der Waals surface area contributed by atoms with Crippen molar-refractivity contribution in [1.29, 1.82) is 0 Å². The van der Waals surface area contributed by atoms with Gasteiger partial charge in [-0.3, -0.25) is 10.1 Å². The second-order valence-electron chi connectivity index (χ2n) is 8.31. The van der Waals surface area contributed by atoms with Crippen LogP contribution in [0.1, 0.15) is 43.0 Å². The molecule has 0 bridgehead atoms. The van der Waals surface area contributed by atoms with Gasteiger partial charge in [-0.05, 0) is 55.0 Å². The fourth-order valence-electron chi connectivity index (χ4n) is 4.49. The number of fused-ring (bicyclic) bond motifs is 3. The third-order valence-electron chi connectivity index (χ3n) is 6.27. The Bertz CT molecular complexity index is 1430. The zero-order valence-electron chi connectivity index (χ0n) is 18.3. The second-order valence-corrected chi connectivity index (χ2v) is 11.2. The van der Waals surface area contributed by atoms with Crippen molar-refractivity contribution in [3.63, 3.8) is 0 Å². The predicted molar refractivity (Wildman–Crippen MR) is 133 cm³/mol. The van der Waals surface area contributed by atoms with Crippen molar-refractivity contribution >= 4 is 53.4 Å². The highest BCUT2D eigenvalue weighted by Gasteiger charge is 2.32. The van der Waals surface area contributed by atoms with Gasteiger partial charge in [-0.15, -0.1) is 0 Å². The van der Waals surface area contributed by atoms with E-state index < -0.39 is 10.0 Å². The minimum absolute atomic E-state index is 0.0434. The van der Waals surface area contributed by atoms with Crippen molar-refractivity contribution in [1.82, 2.24) is 9.29 Å². The molecule has 0 radical (unpaired) electrons. The number of anilines is 1. The van der Waals surface area contributed by atoms with Crippen LogP contribution in [0.3, 0.4) is 0 Å². The Morgan fingerprint density at radius 2 is 1.88 bits per heavy atom. The van der Waals surface area contributed by atoms with Gasteiger partial charge >= 0.3 is 0 Å². The van der Waals surface area contributed by atoms with Crippen LogP contribution in [-0.4, -0.2) is 36.2 Å². The molecule has 1 unspecified atom stereocenters. The third kappa shape index (κ3) is 4.14. The monoisotopic (exact) mass is 479 g/mol. The number of aromatic nitrogens is 1. The molecule has 33 heavy (non-hydrogen) atoms. The number of hydrogen-bond acceptors (Lipinski definition) is 5. The standard InChI is InChI=1S/C25H25N3O3S2/c1-2-19-8-5-6-16-28(19)33(30,31)20-13-10-18(11-14-20)24(29)27-25-26-22-15-12-17-7-3-4-9-21(17)23(22)32-25/h3-4,7,9-15,19H,2,5-6,8,16H2,1H3,(H,26,27,29). The van der Waals surface area contributed by atoms with Gasteiger partial charge in [0.2, 0.25) is 10.0 Å². The van der Waals surface area contributed by atoms with Crippen molar-refractivity contribution in [2.75, 3.05) is 11.9 Å². The lowest BCUT2D eigenvalue weighted by Crippen LogP contribution is -2.43. The van der Waals surface area contributed by atoms with Gasteiger partial charge in [-0.2, -0.15) is 4.31 Å². The summed E-state index contributed by atoms with van der Waals surface area (Å²) in [5, 5.41) is 5.60. The van der Waals surface area contributed by atoms with Gasteiger partial charge in [-0.25, -0.2) is 13.4 Å². The number of amides is 1. The van der Waals surface area contributed by atoms with Crippen LogP contribution in [0.25, 0.3) is 21.0 Å². The maximum absolute atomic E-state index is 13.2. The first-order chi connectivity index (χ1) is 16.0. The Morgan fingerprint density at radius 1 is 1.09 bits per heavy atom. The van der Waals surface area contributed by atoms with Crippen molar-refractivity contribution in [3.8, 4) is 0 Å². The van der Waals surface area contributed by atoms with Gasteiger partial charge < -0.3 is 0 Å². The van der Waals surface area contributed by atoms with E-state index in [0.717, 1.165) is 46.7 Å². The quantitative estimate of drug-likeness (QED) is 0.401. The predicted octanol–water partition coefficient (Wildman–Crippen LogP) is 5.66. The number of thiazole rings is 1. The van der Waals surface area contributed by atoms with Gasteiger partial charge in [-0.1, -0.05) is 55.0 Å². The van der Waals surface area contributed by atoms with Gasteiger partial charge in [0.05, 0.1) is 15.1 Å². The molecular weight excluding hydrogens is 454 g/mol. The summed E-state index contributed by atoms with van der Waals surface area (Å²) in [5.41, 5.74) is 1.23. The van der Waals surface area contributed by atoms with Gasteiger partial charge in [0, 0.05) is 23.5 Å². The van der Waals surface area contributed by atoms with Crippen molar-refractivity contribution in [2.45, 2.75) is 43.5 Å². The number of sulfonamides is 1. The maximum Gasteiger partial charge on any atom is 0.257 e. The Balaban J connectivity index is 1.36. The zero-order valence-corrected chi connectivity index (χ0v) is 20.0. The van der Waals surface area contributed by atoms with E-state index in [9.17, 15) is 13.2 Å². The van der Waals surface area contributed by atoms with Gasteiger partial charge in [0.15, 0.2) is 5.13 Å². The summed E-state index contributed by atoms with van der Waals surface area (Å²) in [6.45, 7) is 2.58. The van der Waals surface area contributed by atoms with E-state index in [-0.39, 0.29) is 16.8 Å². The molecule has 1 atom stereocenters. The summed E-state index contributed by atoms with van der Waals surface area (Å²) in [6.07, 6.45) is 3.64. The number of piperidine rings is 1. The van der Waals surface area contributed by atoms with E-state index in [4.69, 9.17) is 0 Å². The minimum Gasteiger partial charge on any atom is -0.298 e. The number of benzene rings is 3. The molecule has 3 aromatic carbocycles. The van der Waals surface area contributed by atoms with E-state index in [0.29, 0.717) is 17.2 Å². The highest BCUT2D eigenvalue weighted by atomic mass is 32.2. The summed E-state index contributed by atoms with van der Waals surface area (Å²) in [6, 6.07) is 18.3. The second kappa shape index (κ2) is 8.85. The molecule has 1 N–H and O–H groups in total. The molecule has 0 aliphatic carbocycles. The number of rotatable bonds is 5. The van der Waals surface area contributed by atoms with Crippen molar-refractivity contribution in [3.05, 3.63) is 66.2 Å². The fraction of sp³-hybridized carbons (Fsp3) is 0.280. The Hall–Kier alpha value is -2.81. The molecule has 6 nitrogen and oxygen atoms in total. The number of hydrogen-bond donors (Lipinski definition) is 1. The molecule has 1 fully saturated rings. The largest absolute Gasteiger partial charge is 0.298 e. The molecule has 1 aliphatic rings. The van der Waals surface area contributed by atoms with Crippen LogP contribution in [0.2, 0.25) is 0 Å². The molecule has 5 rings (SSSR count).